The number of rotatable bonds is 12. The molecule has 0 aliphatic rings. The zero-order valence-electron chi connectivity index (χ0n) is 22.1. The zero-order valence-corrected chi connectivity index (χ0v) is 24.6. The van der Waals surface area contributed by atoms with Crippen LogP contribution in [0.25, 0.3) is 0 Å². The van der Waals surface area contributed by atoms with Crippen LogP contribution >= 0.6 is 15.9 Å². The second-order valence-electron chi connectivity index (χ2n) is 10.2. The zero-order chi connectivity index (χ0) is 27.8. The number of benzene rings is 3. The first kappa shape index (κ1) is 29.5. The minimum atomic E-state index is -2.64. The van der Waals surface area contributed by atoms with Crippen LogP contribution in [0.5, 0.6) is 0 Å². The van der Waals surface area contributed by atoms with E-state index in [0.29, 0.717) is 25.9 Å². The highest BCUT2D eigenvalue weighted by Gasteiger charge is 2.49. The molecule has 0 saturated heterocycles. The van der Waals surface area contributed by atoms with E-state index in [-0.39, 0.29) is 16.3 Å². The van der Waals surface area contributed by atoms with Gasteiger partial charge in [-0.25, -0.2) is 4.79 Å². The molecule has 3 aromatic carbocycles. The van der Waals surface area contributed by atoms with Crippen molar-refractivity contribution >= 4 is 46.3 Å². The average molecular weight is 597 g/mol. The van der Waals surface area contributed by atoms with E-state index in [1.807, 2.05) is 12.1 Å². The third-order valence-corrected chi connectivity index (χ3v) is 11.8. The molecular weight excluding hydrogens is 562 g/mol. The monoisotopic (exact) mass is 595 g/mol. The van der Waals surface area contributed by atoms with Gasteiger partial charge in [0.25, 0.3) is 14.0 Å². The summed E-state index contributed by atoms with van der Waals surface area (Å²) in [6.45, 7) is 11.1. The lowest BCUT2D eigenvalue weighted by molar-refractivity contribution is -0.384. The molecule has 0 aromatic heterocycles. The summed E-state index contributed by atoms with van der Waals surface area (Å²) in [6.07, 6.45) is 1.31. The van der Waals surface area contributed by atoms with E-state index in [1.54, 1.807) is 0 Å². The van der Waals surface area contributed by atoms with Crippen LogP contribution in [0.2, 0.25) is 5.04 Å². The predicted molar refractivity (Wildman–Crippen MR) is 158 cm³/mol. The molecule has 38 heavy (non-hydrogen) atoms. The topological polar surface area (TPSA) is 78.7 Å². The molecule has 0 aliphatic carbocycles. The lowest BCUT2D eigenvalue weighted by Gasteiger charge is -2.43. The fourth-order valence-corrected chi connectivity index (χ4v) is 9.65. The first-order valence-electron chi connectivity index (χ1n) is 12.6. The molecule has 0 unspecified atom stereocenters. The Bertz CT molecular complexity index is 1190. The number of non-ortho nitro benzene ring substituents is 1. The Kier molecular flexibility index (Phi) is 10.2. The molecule has 0 N–H and O–H groups in total. The van der Waals surface area contributed by atoms with Crippen molar-refractivity contribution in [1.82, 2.24) is 0 Å². The summed E-state index contributed by atoms with van der Waals surface area (Å²) in [4.78, 5) is 23.2. The van der Waals surface area contributed by atoms with Crippen LogP contribution in [0, 0.1) is 10.1 Å². The van der Waals surface area contributed by atoms with Gasteiger partial charge in [-0.1, -0.05) is 104 Å². The molecule has 0 heterocycles. The van der Waals surface area contributed by atoms with Gasteiger partial charge in [-0.05, 0) is 44.9 Å². The molecule has 0 fully saturated rings. The third kappa shape index (κ3) is 7.27. The molecule has 0 spiro atoms. The van der Waals surface area contributed by atoms with Crippen LogP contribution in [-0.2, 0) is 9.16 Å². The van der Waals surface area contributed by atoms with Crippen LogP contribution in [-0.4, -0.2) is 31.9 Å². The van der Waals surface area contributed by atoms with E-state index in [2.05, 4.69) is 91.8 Å². The molecule has 0 bridgehead atoms. The Morgan fingerprint density at radius 1 is 0.974 bits per heavy atom. The van der Waals surface area contributed by atoms with Crippen molar-refractivity contribution < 1.29 is 18.9 Å². The van der Waals surface area contributed by atoms with Crippen molar-refractivity contribution in [2.24, 2.45) is 0 Å². The fourth-order valence-electron chi connectivity index (χ4n) is 4.69. The molecule has 8 heteroatoms. The second kappa shape index (κ2) is 13.1. The summed E-state index contributed by atoms with van der Waals surface area (Å²) in [7, 11) is -2.64. The molecular formula is C30H34BrNO5Si. The maximum Gasteiger partial charge on any atom is 0.338 e. The van der Waals surface area contributed by atoms with Gasteiger partial charge in [0.1, 0.15) is 6.10 Å². The van der Waals surface area contributed by atoms with Gasteiger partial charge < -0.3 is 9.16 Å². The van der Waals surface area contributed by atoms with Gasteiger partial charge in [-0.3, -0.25) is 10.1 Å². The van der Waals surface area contributed by atoms with Gasteiger partial charge >= 0.3 is 5.97 Å². The second-order valence-corrected chi connectivity index (χ2v) is 15.6. The standard InChI is InChI=1S/C30H34BrNO5Si/c1-23(31)22-26(37-29(33)24-17-19-25(20-18-24)32(34)35)12-11-21-36-38(30(2,3)4,27-13-7-5-8-14-27)28-15-9-6-10-16-28/h5-10,13-20,26H,1,11-12,21-22H2,2-4H3/t26-/m1/s1. The van der Waals surface area contributed by atoms with Crippen LogP contribution in [0.1, 0.15) is 50.4 Å². The van der Waals surface area contributed by atoms with Crippen molar-refractivity contribution in [3.63, 3.8) is 0 Å². The van der Waals surface area contributed by atoms with Crippen molar-refractivity contribution in [2.45, 2.75) is 51.2 Å². The first-order chi connectivity index (χ1) is 18.0. The first-order valence-corrected chi connectivity index (χ1v) is 15.3. The molecule has 3 rings (SSSR count). The van der Waals surface area contributed by atoms with E-state index in [9.17, 15) is 14.9 Å². The summed E-state index contributed by atoms with van der Waals surface area (Å²) in [6, 6.07) is 26.3. The number of carbonyl (C=O) groups is 1. The highest BCUT2D eigenvalue weighted by molar-refractivity contribution is 9.11. The summed E-state index contributed by atoms with van der Waals surface area (Å²) < 4.78 is 13.4. The van der Waals surface area contributed by atoms with Gasteiger partial charge in [-0.15, -0.1) is 0 Å². The van der Waals surface area contributed by atoms with Gasteiger partial charge in [0.05, 0.1) is 10.5 Å². The van der Waals surface area contributed by atoms with Crippen LogP contribution in [0.4, 0.5) is 5.69 Å². The normalized spacial score (nSPS) is 12.5. The maximum absolute atomic E-state index is 12.7. The SMILES string of the molecule is C=C(Br)C[C@@H](CCCO[Si](c1ccccc1)(c1ccccc1)C(C)(C)C)OC(=O)c1ccc([N+](=O)[O-])cc1. The Morgan fingerprint density at radius 3 is 1.95 bits per heavy atom. The number of nitrogens with zero attached hydrogens (tertiary/aromatic N) is 1. The van der Waals surface area contributed by atoms with E-state index >= 15 is 0 Å². The number of hydrogen-bond acceptors (Lipinski definition) is 5. The highest BCUT2D eigenvalue weighted by Crippen LogP contribution is 2.37. The summed E-state index contributed by atoms with van der Waals surface area (Å²) in [5, 5.41) is 13.2. The Morgan fingerprint density at radius 2 is 1.50 bits per heavy atom. The Hall–Kier alpha value is -3.07. The molecule has 0 amide bonds. The van der Waals surface area contributed by atoms with Crippen LogP contribution in [0.15, 0.2) is 96.0 Å². The quantitative estimate of drug-likeness (QED) is 0.0758. The van der Waals surface area contributed by atoms with Crippen molar-refractivity contribution in [3.8, 4) is 0 Å². The number of nitro benzene ring substituents is 1. The Labute approximate surface area is 234 Å². The lowest BCUT2D eigenvalue weighted by atomic mass is 10.1. The molecule has 0 saturated carbocycles. The summed E-state index contributed by atoms with van der Waals surface area (Å²) in [5.41, 5.74) is 0.191. The largest absolute Gasteiger partial charge is 0.458 e. The molecule has 200 valence electrons. The smallest absolute Gasteiger partial charge is 0.338 e. The van der Waals surface area contributed by atoms with E-state index in [0.717, 1.165) is 4.48 Å². The average Bonchev–Trinajstić information content (AvgIpc) is 2.88. The fraction of sp³-hybridized carbons (Fsp3) is 0.300. The van der Waals surface area contributed by atoms with E-state index < -0.39 is 25.3 Å². The summed E-state index contributed by atoms with van der Waals surface area (Å²) >= 11 is 3.39. The molecule has 1 atom stereocenters. The number of hydrogen-bond donors (Lipinski definition) is 0. The highest BCUT2D eigenvalue weighted by atomic mass is 79.9. The number of carbonyl (C=O) groups excluding carboxylic acids is 1. The Balaban J connectivity index is 1.75. The van der Waals surface area contributed by atoms with Gasteiger partial charge in [0.15, 0.2) is 0 Å². The number of nitro groups is 1. The summed E-state index contributed by atoms with van der Waals surface area (Å²) in [5.74, 6) is -0.522. The number of ether oxygens (including phenoxy) is 1. The van der Waals surface area contributed by atoms with Gasteiger partial charge in [-0.2, -0.15) is 0 Å². The van der Waals surface area contributed by atoms with Gasteiger partial charge in [0.2, 0.25) is 0 Å². The third-order valence-electron chi connectivity index (χ3n) is 6.44. The van der Waals surface area contributed by atoms with E-state index in [1.165, 1.54) is 34.6 Å². The van der Waals surface area contributed by atoms with Crippen molar-refractivity contribution in [1.29, 1.82) is 0 Å². The lowest BCUT2D eigenvalue weighted by Crippen LogP contribution is -2.66. The molecule has 0 radical (unpaired) electrons. The predicted octanol–water partition coefficient (Wildman–Crippen LogP) is 6.78. The number of esters is 1. The van der Waals surface area contributed by atoms with E-state index in [4.69, 9.17) is 9.16 Å². The molecule has 0 aliphatic heterocycles. The van der Waals surface area contributed by atoms with Gasteiger partial charge in [0, 0.05) is 25.2 Å². The van der Waals surface area contributed by atoms with Crippen molar-refractivity contribution in [3.05, 3.63) is 112 Å². The molecule has 3 aromatic rings. The molecule has 6 nitrogen and oxygen atoms in total. The van der Waals surface area contributed by atoms with Crippen LogP contribution in [0.3, 0.4) is 0 Å². The van der Waals surface area contributed by atoms with Crippen LogP contribution < -0.4 is 10.4 Å². The number of halogens is 1. The van der Waals surface area contributed by atoms with Crippen molar-refractivity contribution in [2.75, 3.05) is 6.61 Å². The minimum Gasteiger partial charge on any atom is -0.458 e. The minimum absolute atomic E-state index is 0.0765. The maximum atomic E-state index is 12.7.